The molecule has 6 rings (SSSR count). The van der Waals surface area contributed by atoms with Crippen LogP contribution >= 0.6 is 0 Å². The quantitative estimate of drug-likeness (QED) is 0.174. The Morgan fingerprint density at radius 2 is 1.36 bits per heavy atom. The van der Waals surface area contributed by atoms with E-state index in [1.807, 2.05) is 111 Å². The normalized spacial score (nSPS) is 15.2. The Bertz CT molecular complexity index is 1910. The summed E-state index contributed by atoms with van der Waals surface area (Å²) in [5.74, 6) is 0.119. The van der Waals surface area contributed by atoms with E-state index in [4.69, 9.17) is 9.73 Å². The average molecular weight is 603 g/mol. The molecule has 222 valence electrons. The lowest BCUT2D eigenvalue weighted by Crippen LogP contribution is -2.67. The highest BCUT2D eigenvalue weighted by atomic mass is 32.2. The molecule has 44 heavy (non-hydrogen) atoms. The number of sulfonamides is 1. The highest BCUT2D eigenvalue weighted by Gasteiger charge is 2.55. The summed E-state index contributed by atoms with van der Waals surface area (Å²) in [6, 6.07) is 38.0. The maximum atomic E-state index is 14.6. The molecule has 0 N–H and O–H groups in total. The van der Waals surface area contributed by atoms with Gasteiger partial charge in [0, 0.05) is 30.1 Å². The van der Waals surface area contributed by atoms with Gasteiger partial charge in [-0.05, 0) is 47.5 Å². The topological polar surface area (TPSA) is 76.0 Å². The zero-order valence-electron chi connectivity index (χ0n) is 25.0. The maximum Gasteiger partial charge on any atom is 0.243 e. The lowest BCUT2D eigenvalue weighted by Gasteiger charge is -2.46. The first-order valence-corrected chi connectivity index (χ1v) is 16.0. The number of ketones is 1. The van der Waals surface area contributed by atoms with Crippen LogP contribution < -0.4 is 4.74 Å². The van der Waals surface area contributed by atoms with Crippen LogP contribution in [0.3, 0.4) is 0 Å². The van der Waals surface area contributed by atoms with Crippen LogP contribution in [0.25, 0.3) is 10.8 Å². The van der Waals surface area contributed by atoms with Crippen LogP contribution in [0.4, 0.5) is 0 Å². The van der Waals surface area contributed by atoms with Gasteiger partial charge in [0.15, 0.2) is 5.78 Å². The van der Waals surface area contributed by atoms with E-state index in [0.29, 0.717) is 5.71 Å². The first kappa shape index (κ1) is 29.5. The smallest absolute Gasteiger partial charge is 0.243 e. The molecule has 7 heteroatoms. The van der Waals surface area contributed by atoms with Gasteiger partial charge in [-0.25, -0.2) is 8.42 Å². The van der Waals surface area contributed by atoms with Gasteiger partial charge in [0.2, 0.25) is 10.0 Å². The van der Waals surface area contributed by atoms with E-state index >= 15 is 0 Å². The van der Waals surface area contributed by atoms with Crippen molar-refractivity contribution >= 4 is 32.3 Å². The van der Waals surface area contributed by atoms with Crippen LogP contribution in [0.5, 0.6) is 5.75 Å². The minimum absolute atomic E-state index is 0.0413. The van der Waals surface area contributed by atoms with Crippen molar-refractivity contribution in [2.75, 3.05) is 20.2 Å². The fourth-order valence-electron chi connectivity index (χ4n) is 5.74. The first-order valence-electron chi connectivity index (χ1n) is 14.6. The van der Waals surface area contributed by atoms with Crippen molar-refractivity contribution in [3.8, 4) is 5.75 Å². The summed E-state index contributed by atoms with van der Waals surface area (Å²) < 4.78 is 34.0. The number of methoxy groups -OCH3 is 1. The summed E-state index contributed by atoms with van der Waals surface area (Å²) >= 11 is 0. The Morgan fingerprint density at radius 1 is 0.795 bits per heavy atom. The molecule has 1 saturated heterocycles. The minimum atomic E-state index is -3.81. The number of aryl methyl sites for hydroxylation is 1. The minimum Gasteiger partial charge on any atom is -0.497 e. The summed E-state index contributed by atoms with van der Waals surface area (Å²) in [6.07, 6.45) is 0. The molecule has 1 aliphatic heterocycles. The summed E-state index contributed by atoms with van der Waals surface area (Å²) in [7, 11) is -2.18. The molecule has 0 radical (unpaired) electrons. The number of aliphatic imine (C=N–C) groups is 1. The Balaban J connectivity index is 1.43. The summed E-state index contributed by atoms with van der Waals surface area (Å²) in [5, 5.41) is 2.00. The number of ether oxygens (including phenoxy) is 1. The molecule has 1 heterocycles. The van der Waals surface area contributed by atoms with Crippen LogP contribution in [0.15, 0.2) is 131 Å². The second kappa shape index (κ2) is 11.8. The van der Waals surface area contributed by atoms with Gasteiger partial charge in [0.25, 0.3) is 0 Å². The van der Waals surface area contributed by atoms with Gasteiger partial charge >= 0.3 is 0 Å². The van der Waals surface area contributed by atoms with E-state index in [1.165, 1.54) is 4.31 Å². The van der Waals surface area contributed by atoms with Crippen LogP contribution in [-0.4, -0.2) is 50.0 Å². The second-order valence-corrected chi connectivity index (χ2v) is 13.3. The Hall–Kier alpha value is -4.59. The highest BCUT2D eigenvalue weighted by molar-refractivity contribution is 7.89. The summed E-state index contributed by atoms with van der Waals surface area (Å²) in [4.78, 5) is 20.0. The number of fused-ring (bicyclic) bond motifs is 1. The molecular weight excluding hydrogens is 568 g/mol. The van der Waals surface area contributed by atoms with Crippen molar-refractivity contribution in [2.45, 2.75) is 30.2 Å². The van der Waals surface area contributed by atoms with Gasteiger partial charge in [-0.3, -0.25) is 9.79 Å². The van der Waals surface area contributed by atoms with Gasteiger partial charge < -0.3 is 4.74 Å². The number of Topliss-reactive ketones (excluding diaryl/α,β-unsaturated/α-hetero) is 1. The summed E-state index contributed by atoms with van der Waals surface area (Å²) in [6.45, 7) is 3.71. The molecule has 1 fully saturated rings. The van der Waals surface area contributed by atoms with E-state index in [1.54, 1.807) is 31.4 Å². The van der Waals surface area contributed by atoms with Crippen LogP contribution in [0, 0.1) is 6.92 Å². The predicted octanol–water partition coefficient (Wildman–Crippen LogP) is 6.81. The fourth-order valence-corrected chi connectivity index (χ4v) is 7.29. The number of carbonyl (C=O) groups excluding carboxylic acids is 1. The second-order valence-electron chi connectivity index (χ2n) is 11.4. The van der Waals surface area contributed by atoms with Crippen molar-refractivity contribution in [3.05, 3.63) is 144 Å². The molecule has 5 aromatic rings. The molecule has 0 spiro atoms. The van der Waals surface area contributed by atoms with Crippen molar-refractivity contribution < 1.29 is 17.9 Å². The number of hydrogen-bond acceptors (Lipinski definition) is 5. The maximum absolute atomic E-state index is 14.6. The Kier molecular flexibility index (Phi) is 7.93. The molecule has 0 amide bonds. The molecule has 5 aromatic carbocycles. The third-order valence-corrected chi connectivity index (χ3v) is 10.2. The average Bonchev–Trinajstić information content (AvgIpc) is 3.04. The molecule has 1 atom stereocenters. The molecular formula is C37H34N2O4S. The highest BCUT2D eigenvalue weighted by Crippen LogP contribution is 2.38. The third kappa shape index (κ3) is 5.56. The van der Waals surface area contributed by atoms with E-state index in [9.17, 15) is 13.2 Å². The number of benzene rings is 5. The number of nitrogens with zero attached hydrogens (tertiary/aromatic N) is 2. The number of hydrogen-bond donors (Lipinski definition) is 0. The van der Waals surface area contributed by atoms with E-state index in [-0.39, 0.29) is 23.8 Å². The molecule has 1 unspecified atom stereocenters. The van der Waals surface area contributed by atoms with Crippen LogP contribution in [-0.2, 0) is 14.8 Å². The number of rotatable bonds is 9. The molecule has 1 aliphatic rings. The lowest BCUT2D eigenvalue weighted by atomic mass is 9.78. The third-order valence-electron chi connectivity index (χ3n) is 8.38. The van der Waals surface area contributed by atoms with Gasteiger partial charge in [-0.15, -0.1) is 0 Å². The van der Waals surface area contributed by atoms with Crippen molar-refractivity contribution in [2.24, 2.45) is 4.99 Å². The largest absolute Gasteiger partial charge is 0.497 e. The van der Waals surface area contributed by atoms with Gasteiger partial charge in [-0.2, -0.15) is 4.31 Å². The lowest BCUT2D eigenvalue weighted by molar-refractivity contribution is -0.129. The van der Waals surface area contributed by atoms with Gasteiger partial charge in [0.1, 0.15) is 11.3 Å². The van der Waals surface area contributed by atoms with E-state index < -0.39 is 21.5 Å². The Labute approximate surface area is 258 Å². The molecule has 0 aliphatic carbocycles. The first-order chi connectivity index (χ1) is 21.2. The number of carbonyl (C=O) groups is 1. The molecule has 0 aromatic heterocycles. The van der Waals surface area contributed by atoms with Gasteiger partial charge in [-0.1, -0.05) is 110 Å². The zero-order valence-corrected chi connectivity index (χ0v) is 25.8. The zero-order chi connectivity index (χ0) is 30.9. The molecule has 0 saturated carbocycles. The SMILES string of the molecule is COc1ccc2cc(C(C)C(=O)C3(N=C(c4ccccc4)c4ccccc4)CN(S(=O)(=O)c4ccc(C)cc4)C3)ccc2c1. The van der Waals surface area contributed by atoms with Crippen molar-refractivity contribution in [1.29, 1.82) is 0 Å². The van der Waals surface area contributed by atoms with E-state index in [2.05, 4.69) is 0 Å². The molecule has 6 nitrogen and oxygen atoms in total. The Morgan fingerprint density at radius 3 is 1.95 bits per heavy atom. The van der Waals surface area contributed by atoms with Crippen LogP contribution in [0.2, 0.25) is 0 Å². The van der Waals surface area contributed by atoms with E-state index in [0.717, 1.165) is 38.8 Å². The van der Waals surface area contributed by atoms with Gasteiger partial charge in [0.05, 0.1) is 17.7 Å². The monoisotopic (exact) mass is 602 g/mol. The predicted molar refractivity (Wildman–Crippen MR) is 175 cm³/mol. The summed E-state index contributed by atoms with van der Waals surface area (Å²) in [5.41, 5.74) is 2.93. The standard InChI is InChI=1S/C37H34N2O4S/c1-26-14-20-34(21-15-26)44(41,42)39-24-37(25-39,38-35(28-10-6-4-7-11-28)29-12-8-5-9-13-29)36(40)27(2)30-16-17-32-23-33(43-3)19-18-31(32)22-30/h4-23,27H,24-25H2,1-3H3. The van der Waals surface area contributed by atoms with Crippen LogP contribution in [0.1, 0.15) is 35.1 Å². The fraction of sp³-hybridized carbons (Fsp3) is 0.189. The van der Waals surface area contributed by atoms with Crippen molar-refractivity contribution in [3.63, 3.8) is 0 Å². The van der Waals surface area contributed by atoms with Crippen molar-refractivity contribution in [1.82, 2.24) is 4.31 Å². The molecule has 0 bridgehead atoms.